The predicted octanol–water partition coefficient (Wildman–Crippen LogP) is 2.29. The van der Waals surface area contributed by atoms with Crippen molar-refractivity contribution in [2.45, 2.75) is 38.0 Å². The molecule has 3 nitrogen and oxygen atoms in total. The molecule has 0 saturated heterocycles. The van der Waals surface area contributed by atoms with Crippen molar-refractivity contribution in [2.24, 2.45) is 11.8 Å². The summed E-state index contributed by atoms with van der Waals surface area (Å²) < 4.78 is 0. The Labute approximate surface area is 84.1 Å². The lowest BCUT2D eigenvalue weighted by Gasteiger charge is -2.26. The molecule has 2 saturated carbocycles. The van der Waals surface area contributed by atoms with E-state index < -0.39 is 0 Å². The number of nitrogen functional groups attached to an aromatic ring is 1. The Balaban J connectivity index is 1.80. The highest BCUT2D eigenvalue weighted by molar-refractivity contribution is 5.30. The molecule has 0 spiro atoms. The van der Waals surface area contributed by atoms with Crippen LogP contribution >= 0.6 is 0 Å². The lowest BCUT2D eigenvalue weighted by atomic mass is 9.79. The number of anilines is 1. The van der Waals surface area contributed by atoms with Crippen molar-refractivity contribution in [3.63, 3.8) is 0 Å². The number of hydrogen-bond donors (Lipinski definition) is 2. The minimum Gasteiger partial charge on any atom is -0.382 e. The topological polar surface area (TPSA) is 54.7 Å². The molecule has 76 valence electrons. The third-order valence-corrected chi connectivity index (χ3v) is 3.94. The summed E-state index contributed by atoms with van der Waals surface area (Å²) in [4.78, 5) is 0. The normalized spacial score (nSPS) is 36.1. The molecule has 2 bridgehead atoms. The number of nitrogens with two attached hydrogens (primary N) is 1. The van der Waals surface area contributed by atoms with E-state index in [9.17, 15) is 0 Å². The zero-order valence-electron chi connectivity index (χ0n) is 8.37. The van der Waals surface area contributed by atoms with Crippen molar-refractivity contribution in [3.8, 4) is 0 Å². The summed E-state index contributed by atoms with van der Waals surface area (Å²) in [5.74, 6) is 3.29. The van der Waals surface area contributed by atoms with E-state index in [0.29, 0.717) is 11.7 Å². The molecule has 2 atom stereocenters. The first-order valence-electron chi connectivity index (χ1n) is 5.62. The van der Waals surface area contributed by atoms with E-state index in [0.717, 1.165) is 11.8 Å². The third kappa shape index (κ3) is 1.31. The first-order valence-corrected chi connectivity index (χ1v) is 5.62. The first kappa shape index (κ1) is 8.33. The summed E-state index contributed by atoms with van der Waals surface area (Å²) in [6, 6.07) is 2.01. The standard InChI is InChI=1S/C11H17N3/c12-11-6-10(13-14-11)9-4-7-1-2-8(3-7)5-9/h6-9H,1-5H2,(H3,12,13,14). The van der Waals surface area contributed by atoms with Gasteiger partial charge in [-0.05, 0) is 31.1 Å². The summed E-state index contributed by atoms with van der Waals surface area (Å²) in [6.45, 7) is 0. The zero-order valence-corrected chi connectivity index (χ0v) is 8.37. The largest absolute Gasteiger partial charge is 0.382 e. The van der Waals surface area contributed by atoms with Crippen LogP contribution in [0.15, 0.2) is 6.07 Å². The molecule has 2 unspecified atom stereocenters. The van der Waals surface area contributed by atoms with Gasteiger partial charge in [0.1, 0.15) is 5.82 Å². The zero-order chi connectivity index (χ0) is 9.54. The van der Waals surface area contributed by atoms with Crippen molar-refractivity contribution in [3.05, 3.63) is 11.8 Å². The van der Waals surface area contributed by atoms with Crippen LogP contribution in [0.5, 0.6) is 0 Å². The summed E-state index contributed by atoms with van der Waals surface area (Å²) >= 11 is 0. The molecule has 0 aromatic carbocycles. The second-order valence-electron chi connectivity index (χ2n) is 4.96. The molecule has 2 aliphatic rings. The summed E-state index contributed by atoms with van der Waals surface area (Å²) in [6.07, 6.45) is 7.06. The number of fused-ring (bicyclic) bond motifs is 2. The third-order valence-electron chi connectivity index (χ3n) is 3.94. The van der Waals surface area contributed by atoms with Gasteiger partial charge in [0.25, 0.3) is 0 Å². The fourth-order valence-corrected chi connectivity index (χ4v) is 3.32. The predicted molar refractivity (Wildman–Crippen MR) is 55.8 cm³/mol. The van der Waals surface area contributed by atoms with Gasteiger partial charge in [-0.3, -0.25) is 5.10 Å². The first-order chi connectivity index (χ1) is 6.81. The van der Waals surface area contributed by atoms with Gasteiger partial charge in [0.15, 0.2) is 0 Å². The van der Waals surface area contributed by atoms with Crippen molar-refractivity contribution in [1.82, 2.24) is 10.2 Å². The fraction of sp³-hybridized carbons (Fsp3) is 0.727. The van der Waals surface area contributed by atoms with Crippen LogP contribution in [0.4, 0.5) is 5.82 Å². The van der Waals surface area contributed by atoms with Crippen LogP contribution < -0.4 is 5.73 Å². The second kappa shape index (κ2) is 3.01. The molecule has 1 aromatic rings. The van der Waals surface area contributed by atoms with Gasteiger partial charge in [0, 0.05) is 17.7 Å². The van der Waals surface area contributed by atoms with Gasteiger partial charge in [-0.1, -0.05) is 12.8 Å². The highest BCUT2D eigenvalue weighted by atomic mass is 15.2. The van der Waals surface area contributed by atoms with Crippen LogP contribution in [-0.4, -0.2) is 10.2 Å². The highest BCUT2D eigenvalue weighted by Crippen LogP contribution is 2.47. The molecule has 0 amide bonds. The second-order valence-corrected chi connectivity index (χ2v) is 4.96. The van der Waals surface area contributed by atoms with Crippen molar-refractivity contribution >= 4 is 5.82 Å². The molecular weight excluding hydrogens is 174 g/mol. The summed E-state index contributed by atoms with van der Waals surface area (Å²) in [5.41, 5.74) is 6.89. The molecule has 3 rings (SSSR count). The molecule has 0 radical (unpaired) electrons. The van der Waals surface area contributed by atoms with E-state index >= 15 is 0 Å². The number of hydrogen-bond acceptors (Lipinski definition) is 2. The number of nitrogens with one attached hydrogen (secondary N) is 1. The molecule has 3 N–H and O–H groups in total. The fourth-order valence-electron chi connectivity index (χ4n) is 3.32. The van der Waals surface area contributed by atoms with Crippen LogP contribution in [-0.2, 0) is 0 Å². The summed E-state index contributed by atoms with van der Waals surface area (Å²) in [7, 11) is 0. The van der Waals surface area contributed by atoms with Gasteiger partial charge in [-0.15, -0.1) is 0 Å². The monoisotopic (exact) mass is 191 g/mol. The Morgan fingerprint density at radius 1 is 1.21 bits per heavy atom. The lowest BCUT2D eigenvalue weighted by molar-refractivity contribution is 0.315. The Bertz CT molecular complexity index is 319. The van der Waals surface area contributed by atoms with Gasteiger partial charge < -0.3 is 5.73 Å². The van der Waals surface area contributed by atoms with Gasteiger partial charge in [-0.2, -0.15) is 5.10 Å². The van der Waals surface area contributed by atoms with Crippen LogP contribution in [0.25, 0.3) is 0 Å². The van der Waals surface area contributed by atoms with E-state index in [1.165, 1.54) is 37.8 Å². The maximum Gasteiger partial charge on any atom is 0.145 e. The van der Waals surface area contributed by atoms with Crippen LogP contribution in [0.1, 0.15) is 43.7 Å². The number of nitrogens with zero attached hydrogens (tertiary/aromatic N) is 1. The van der Waals surface area contributed by atoms with E-state index in [4.69, 9.17) is 5.73 Å². The molecule has 14 heavy (non-hydrogen) atoms. The molecule has 2 aliphatic carbocycles. The Hall–Kier alpha value is -0.990. The Kier molecular flexibility index (Phi) is 1.79. The highest BCUT2D eigenvalue weighted by Gasteiger charge is 2.35. The van der Waals surface area contributed by atoms with Crippen LogP contribution in [0, 0.1) is 11.8 Å². The molecule has 1 aromatic heterocycles. The molecule has 0 aliphatic heterocycles. The van der Waals surface area contributed by atoms with Gasteiger partial charge in [0.2, 0.25) is 0 Å². The van der Waals surface area contributed by atoms with Gasteiger partial charge in [0.05, 0.1) is 0 Å². The van der Waals surface area contributed by atoms with E-state index in [-0.39, 0.29) is 0 Å². The minimum atomic E-state index is 0.637. The van der Waals surface area contributed by atoms with E-state index in [1.54, 1.807) is 0 Å². The SMILES string of the molecule is Nc1cc(C2CC3CCC(C3)C2)[nH]n1. The van der Waals surface area contributed by atoms with Crippen molar-refractivity contribution in [1.29, 1.82) is 0 Å². The molecule has 2 fully saturated rings. The van der Waals surface area contributed by atoms with Gasteiger partial charge >= 0.3 is 0 Å². The maximum absolute atomic E-state index is 5.63. The Morgan fingerprint density at radius 2 is 1.93 bits per heavy atom. The maximum atomic E-state index is 5.63. The van der Waals surface area contributed by atoms with Crippen LogP contribution in [0.3, 0.4) is 0 Å². The van der Waals surface area contributed by atoms with Crippen molar-refractivity contribution < 1.29 is 0 Å². The number of aromatic amines is 1. The van der Waals surface area contributed by atoms with Gasteiger partial charge in [-0.25, -0.2) is 0 Å². The summed E-state index contributed by atoms with van der Waals surface area (Å²) in [5, 5.41) is 7.08. The van der Waals surface area contributed by atoms with Crippen LogP contribution in [0.2, 0.25) is 0 Å². The minimum absolute atomic E-state index is 0.637. The van der Waals surface area contributed by atoms with E-state index in [2.05, 4.69) is 10.2 Å². The molecular formula is C11H17N3. The number of aromatic nitrogens is 2. The van der Waals surface area contributed by atoms with Crippen molar-refractivity contribution in [2.75, 3.05) is 5.73 Å². The average Bonchev–Trinajstić information content (AvgIpc) is 2.73. The number of H-pyrrole nitrogens is 1. The number of rotatable bonds is 1. The van der Waals surface area contributed by atoms with E-state index in [1.807, 2.05) is 6.07 Å². The molecule has 1 heterocycles. The average molecular weight is 191 g/mol. The Morgan fingerprint density at radius 3 is 2.50 bits per heavy atom. The quantitative estimate of drug-likeness (QED) is 0.715. The lowest BCUT2D eigenvalue weighted by Crippen LogP contribution is -2.14. The molecule has 3 heteroatoms. The smallest absolute Gasteiger partial charge is 0.145 e.